The lowest BCUT2D eigenvalue weighted by Crippen LogP contribution is -2.32. The predicted molar refractivity (Wildman–Crippen MR) is 78.0 cm³/mol. The van der Waals surface area contributed by atoms with Crippen LogP contribution < -0.4 is 4.72 Å². The van der Waals surface area contributed by atoms with Gasteiger partial charge in [-0.1, -0.05) is 41.9 Å². The van der Waals surface area contributed by atoms with Crippen molar-refractivity contribution >= 4 is 26.0 Å². The van der Waals surface area contributed by atoms with Crippen LogP contribution in [0.2, 0.25) is 0 Å². The van der Waals surface area contributed by atoms with E-state index in [-0.39, 0.29) is 15.1 Å². The average Bonchev–Trinajstić information content (AvgIpc) is 2.54. The Hall–Kier alpha value is -0.400. The van der Waals surface area contributed by atoms with E-state index in [9.17, 15) is 8.42 Å². The van der Waals surface area contributed by atoms with Gasteiger partial charge in [-0.05, 0) is 25.7 Å². The summed E-state index contributed by atoms with van der Waals surface area (Å²) in [4.78, 5) is 0.228. The summed E-state index contributed by atoms with van der Waals surface area (Å²) in [5, 5.41) is 3.66. The van der Waals surface area contributed by atoms with Crippen molar-refractivity contribution in [2.24, 2.45) is 5.41 Å². The van der Waals surface area contributed by atoms with E-state index < -0.39 is 10.0 Å². The summed E-state index contributed by atoms with van der Waals surface area (Å²) in [5.74, 6) is 0.312. The number of hydrogen-bond acceptors (Lipinski definition) is 4. The van der Waals surface area contributed by atoms with Crippen molar-refractivity contribution in [3.05, 3.63) is 11.5 Å². The Bertz CT molecular complexity index is 512. The van der Waals surface area contributed by atoms with Crippen LogP contribution in [-0.4, -0.2) is 24.9 Å². The first kappa shape index (κ1) is 16.7. The molecule has 1 aromatic heterocycles. The van der Waals surface area contributed by atoms with Crippen LogP contribution in [0.5, 0.6) is 0 Å². The molecule has 0 aliphatic carbocycles. The summed E-state index contributed by atoms with van der Waals surface area (Å²) in [6.45, 7) is 9.89. The minimum absolute atomic E-state index is 0.0859. The molecule has 1 unspecified atom stereocenters. The van der Waals surface area contributed by atoms with Crippen LogP contribution in [0.1, 0.15) is 38.6 Å². The Kier molecular flexibility index (Phi) is 5.20. The molecule has 19 heavy (non-hydrogen) atoms. The molecule has 0 aliphatic rings. The number of alkyl halides is 1. The highest BCUT2D eigenvalue weighted by Crippen LogP contribution is 2.25. The van der Waals surface area contributed by atoms with Crippen LogP contribution in [0.25, 0.3) is 0 Å². The second kappa shape index (κ2) is 5.93. The van der Waals surface area contributed by atoms with E-state index in [4.69, 9.17) is 4.52 Å². The number of aryl methyl sites for hydroxylation is 2. The molecule has 1 aromatic rings. The van der Waals surface area contributed by atoms with Crippen molar-refractivity contribution in [1.82, 2.24) is 9.88 Å². The lowest BCUT2D eigenvalue weighted by Gasteiger charge is -2.22. The number of nitrogens with one attached hydrogen (secondary N) is 1. The molecule has 0 radical (unpaired) electrons. The first-order valence-corrected chi connectivity index (χ1v) is 8.49. The number of aromatic nitrogens is 1. The molecule has 0 bridgehead atoms. The van der Waals surface area contributed by atoms with Crippen molar-refractivity contribution in [3.63, 3.8) is 0 Å². The van der Waals surface area contributed by atoms with Crippen LogP contribution >= 0.6 is 15.9 Å². The molecule has 110 valence electrons. The number of rotatable bonds is 5. The van der Waals surface area contributed by atoms with Gasteiger partial charge in [-0.25, -0.2) is 13.1 Å². The molecular formula is C12H21BrN2O3S. The van der Waals surface area contributed by atoms with Gasteiger partial charge in [0, 0.05) is 11.4 Å². The zero-order valence-corrected chi connectivity index (χ0v) is 14.4. The molecule has 7 heteroatoms. The SMILES string of the molecule is Cc1noc(C)c1S(=O)(=O)NCC(Br)CC(C)(C)C. The highest BCUT2D eigenvalue weighted by atomic mass is 79.9. The standard InChI is InChI=1S/C12H21BrN2O3S/c1-8-11(9(2)18-15-8)19(16,17)14-7-10(13)6-12(3,4)5/h10,14H,6-7H2,1-5H3. The Labute approximate surface area is 123 Å². The molecule has 0 aromatic carbocycles. The Morgan fingerprint density at radius 3 is 2.37 bits per heavy atom. The summed E-state index contributed by atoms with van der Waals surface area (Å²) in [7, 11) is -3.57. The van der Waals surface area contributed by atoms with Crippen molar-refractivity contribution < 1.29 is 12.9 Å². The van der Waals surface area contributed by atoms with Crippen LogP contribution in [0.15, 0.2) is 9.42 Å². The summed E-state index contributed by atoms with van der Waals surface area (Å²) in [6.07, 6.45) is 0.872. The maximum atomic E-state index is 12.2. The molecule has 0 saturated heterocycles. The van der Waals surface area contributed by atoms with E-state index in [0.717, 1.165) is 6.42 Å². The third-order valence-electron chi connectivity index (χ3n) is 2.57. The predicted octanol–water partition coefficient (Wildman–Crippen LogP) is 2.77. The lowest BCUT2D eigenvalue weighted by atomic mass is 9.91. The van der Waals surface area contributed by atoms with Crippen LogP contribution in [0.3, 0.4) is 0 Å². The van der Waals surface area contributed by atoms with E-state index in [1.165, 1.54) is 0 Å². The van der Waals surface area contributed by atoms with Gasteiger partial charge < -0.3 is 4.52 Å². The molecule has 0 spiro atoms. The van der Waals surface area contributed by atoms with Crippen molar-refractivity contribution in [2.45, 2.75) is 50.8 Å². The minimum atomic E-state index is -3.57. The van der Waals surface area contributed by atoms with E-state index >= 15 is 0 Å². The van der Waals surface area contributed by atoms with Gasteiger partial charge in [-0.2, -0.15) is 0 Å². The Balaban J connectivity index is 2.72. The van der Waals surface area contributed by atoms with Crippen molar-refractivity contribution in [2.75, 3.05) is 6.54 Å². The molecule has 0 fully saturated rings. The zero-order chi connectivity index (χ0) is 14.8. The fraction of sp³-hybridized carbons (Fsp3) is 0.750. The molecule has 1 N–H and O–H groups in total. The minimum Gasteiger partial charge on any atom is -0.360 e. The second-order valence-corrected chi connectivity index (χ2v) is 8.87. The fourth-order valence-corrected chi connectivity index (χ4v) is 4.62. The van der Waals surface area contributed by atoms with Gasteiger partial charge >= 0.3 is 0 Å². The summed E-state index contributed by atoms with van der Waals surface area (Å²) < 4.78 is 31.8. The van der Waals surface area contributed by atoms with Gasteiger partial charge in [-0.3, -0.25) is 0 Å². The smallest absolute Gasteiger partial charge is 0.246 e. The van der Waals surface area contributed by atoms with Gasteiger partial charge in [0.05, 0.1) is 0 Å². The van der Waals surface area contributed by atoms with E-state index in [1.54, 1.807) is 13.8 Å². The normalized spacial score (nSPS) is 14.6. The van der Waals surface area contributed by atoms with Crippen LogP contribution in [0, 0.1) is 19.3 Å². The second-order valence-electron chi connectivity index (χ2n) is 5.87. The number of sulfonamides is 1. The fourth-order valence-electron chi connectivity index (χ4n) is 1.87. The van der Waals surface area contributed by atoms with E-state index in [1.807, 2.05) is 0 Å². The molecule has 1 rings (SSSR count). The largest absolute Gasteiger partial charge is 0.360 e. The average molecular weight is 353 g/mol. The van der Waals surface area contributed by atoms with Gasteiger partial charge in [0.25, 0.3) is 0 Å². The zero-order valence-electron chi connectivity index (χ0n) is 11.9. The Morgan fingerprint density at radius 1 is 1.37 bits per heavy atom. The maximum Gasteiger partial charge on any atom is 0.246 e. The lowest BCUT2D eigenvalue weighted by molar-refractivity contribution is 0.373. The van der Waals surface area contributed by atoms with E-state index in [2.05, 4.69) is 46.6 Å². The molecule has 0 saturated carbocycles. The van der Waals surface area contributed by atoms with Gasteiger partial charge in [-0.15, -0.1) is 0 Å². The monoisotopic (exact) mass is 352 g/mol. The summed E-state index contributed by atoms with van der Waals surface area (Å²) >= 11 is 3.50. The third kappa shape index (κ3) is 4.89. The first-order chi connectivity index (χ1) is 8.53. The summed E-state index contributed by atoms with van der Waals surface area (Å²) in [6, 6.07) is 0. The number of hydrogen-bond donors (Lipinski definition) is 1. The maximum absolute atomic E-state index is 12.2. The van der Waals surface area contributed by atoms with Gasteiger partial charge in [0.15, 0.2) is 5.76 Å². The molecule has 5 nitrogen and oxygen atoms in total. The highest BCUT2D eigenvalue weighted by molar-refractivity contribution is 9.09. The highest BCUT2D eigenvalue weighted by Gasteiger charge is 2.25. The summed E-state index contributed by atoms with van der Waals surface area (Å²) in [5.41, 5.74) is 0.523. The Morgan fingerprint density at radius 2 is 1.95 bits per heavy atom. The number of halogens is 1. The van der Waals surface area contributed by atoms with E-state index in [0.29, 0.717) is 18.0 Å². The first-order valence-electron chi connectivity index (χ1n) is 6.09. The quantitative estimate of drug-likeness (QED) is 0.827. The van der Waals surface area contributed by atoms with Crippen LogP contribution in [-0.2, 0) is 10.0 Å². The van der Waals surface area contributed by atoms with Gasteiger partial charge in [0.2, 0.25) is 10.0 Å². The van der Waals surface area contributed by atoms with Crippen molar-refractivity contribution in [1.29, 1.82) is 0 Å². The molecule has 0 amide bonds. The topological polar surface area (TPSA) is 72.2 Å². The molecule has 1 heterocycles. The van der Waals surface area contributed by atoms with Gasteiger partial charge in [0.1, 0.15) is 10.6 Å². The molecule has 0 aliphatic heterocycles. The third-order valence-corrected chi connectivity index (χ3v) is 4.88. The van der Waals surface area contributed by atoms with Crippen molar-refractivity contribution in [3.8, 4) is 0 Å². The number of nitrogens with zero attached hydrogens (tertiary/aromatic N) is 1. The molecular weight excluding hydrogens is 332 g/mol. The van der Waals surface area contributed by atoms with Crippen LogP contribution in [0.4, 0.5) is 0 Å². The molecule has 1 atom stereocenters.